The third-order valence-electron chi connectivity index (χ3n) is 8.53. The molecule has 1 amide bonds. The zero-order valence-electron chi connectivity index (χ0n) is 26.4. The topological polar surface area (TPSA) is 62.2 Å². The molecule has 1 heterocycles. The fourth-order valence-corrected chi connectivity index (χ4v) is 6.26. The molecule has 0 aliphatic carbocycles. The fraction of sp³-hybridized carbons (Fsp3) is 0.472. The number of likely N-dealkylation sites (tertiary alicyclic amines) is 1. The van der Waals surface area contributed by atoms with Crippen LogP contribution in [0.2, 0.25) is 5.02 Å². The number of aryl methyl sites for hydroxylation is 2. The van der Waals surface area contributed by atoms with Crippen molar-refractivity contribution in [3.63, 3.8) is 0 Å². The molecule has 0 bridgehead atoms. The Balaban J connectivity index is 1.60. The van der Waals surface area contributed by atoms with E-state index in [9.17, 15) is 9.90 Å². The van der Waals surface area contributed by atoms with Gasteiger partial charge in [0, 0.05) is 48.6 Å². The highest BCUT2D eigenvalue weighted by molar-refractivity contribution is 6.32. The highest BCUT2D eigenvalue weighted by atomic mass is 35.5. The zero-order valence-corrected chi connectivity index (χ0v) is 27.1. The van der Waals surface area contributed by atoms with E-state index in [1.807, 2.05) is 56.3 Å². The van der Waals surface area contributed by atoms with Crippen LogP contribution in [0.1, 0.15) is 66.8 Å². The first kappa shape index (κ1) is 32.8. The van der Waals surface area contributed by atoms with E-state index in [4.69, 9.17) is 21.1 Å². The lowest BCUT2D eigenvalue weighted by atomic mass is 9.77. The number of benzene rings is 3. The van der Waals surface area contributed by atoms with Crippen LogP contribution < -0.4 is 9.47 Å². The van der Waals surface area contributed by atoms with E-state index < -0.39 is 5.41 Å². The highest BCUT2D eigenvalue weighted by Crippen LogP contribution is 2.38. The Morgan fingerprint density at radius 3 is 2.47 bits per heavy atom. The highest BCUT2D eigenvalue weighted by Gasteiger charge is 2.40. The van der Waals surface area contributed by atoms with Gasteiger partial charge in [0.05, 0.1) is 20.3 Å². The van der Waals surface area contributed by atoms with Crippen LogP contribution in [0.3, 0.4) is 0 Å². The van der Waals surface area contributed by atoms with Gasteiger partial charge in [-0.3, -0.25) is 9.69 Å². The van der Waals surface area contributed by atoms with Crippen molar-refractivity contribution in [3.05, 3.63) is 93.5 Å². The summed E-state index contributed by atoms with van der Waals surface area (Å²) in [5.74, 6) is 2.11. The average molecular weight is 607 g/mol. The first-order valence-electron chi connectivity index (χ1n) is 15.3. The van der Waals surface area contributed by atoms with E-state index >= 15 is 0 Å². The summed E-state index contributed by atoms with van der Waals surface area (Å²) in [6, 6.07) is 20.4. The van der Waals surface area contributed by atoms with Gasteiger partial charge in [-0.05, 0) is 79.6 Å². The fourth-order valence-electron chi connectivity index (χ4n) is 6.16. The summed E-state index contributed by atoms with van der Waals surface area (Å²) in [4.78, 5) is 18.2. The molecule has 6 nitrogen and oxygen atoms in total. The molecule has 7 heteroatoms. The first-order valence-corrected chi connectivity index (χ1v) is 15.7. The number of nitrogens with zero attached hydrogens (tertiary/aromatic N) is 2. The minimum atomic E-state index is -0.399. The van der Waals surface area contributed by atoms with Gasteiger partial charge in [0.15, 0.2) is 0 Å². The second-order valence-electron chi connectivity index (χ2n) is 12.4. The van der Waals surface area contributed by atoms with E-state index in [-0.39, 0.29) is 12.5 Å². The number of hydrogen-bond acceptors (Lipinski definition) is 5. The van der Waals surface area contributed by atoms with Gasteiger partial charge in [0.25, 0.3) is 0 Å². The molecule has 0 spiro atoms. The Labute approximate surface area is 262 Å². The van der Waals surface area contributed by atoms with E-state index in [0.717, 1.165) is 71.3 Å². The SMILES string of the molecule is COc1ccc(C(C)C)cc1CN1CCCC(COc2cc(C)c(Cl)c(C)c2)(CC(=O)N(CCO)Cc2ccccc2)C1. The Kier molecular flexibility index (Phi) is 11.5. The molecule has 43 heavy (non-hydrogen) atoms. The van der Waals surface area contributed by atoms with Gasteiger partial charge >= 0.3 is 0 Å². The molecule has 1 aliphatic heterocycles. The van der Waals surface area contributed by atoms with Crippen LogP contribution in [0.4, 0.5) is 0 Å². The maximum absolute atomic E-state index is 14.0. The molecule has 1 aliphatic rings. The number of rotatable bonds is 13. The van der Waals surface area contributed by atoms with Crippen LogP contribution in [-0.2, 0) is 17.9 Å². The Morgan fingerprint density at radius 1 is 1.09 bits per heavy atom. The van der Waals surface area contributed by atoms with E-state index in [1.54, 1.807) is 12.0 Å². The van der Waals surface area contributed by atoms with Crippen LogP contribution >= 0.6 is 11.6 Å². The largest absolute Gasteiger partial charge is 0.496 e. The lowest BCUT2D eigenvalue weighted by Gasteiger charge is -2.43. The molecular weight excluding hydrogens is 560 g/mol. The number of methoxy groups -OCH3 is 1. The number of amides is 1. The molecule has 0 radical (unpaired) electrons. The van der Waals surface area contributed by atoms with Gasteiger partial charge in [0.1, 0.15) is 11.5 Å². The number of aliphatic hydroxyl groups excluding tert-OH is 1. The van der Waals surface area contributed by atoms with Crippen molar-refractivity contribution < 1.29 is 19.4 Å². The molecule has 1 saturated heterocycles. The molecule has 1 atom stereocenters. The van der Waals surface area contributed by atoms with Crippen molar-refractivity contribution >= 4 is 17.5 Å². The number of carbonyl (C=O) groups is 1. The molecule has 1 unspecified atom stereocenters. The average Bonchev–Trinajstić information content (AvgIpc) is 2.99. The molecule has 232 valence electrons. The second-order valence-corrected chi connectivity index (χ2v) is 12.8. The van der Waals surface area contributed by atoms with Gasteiger partial charge in [0.2, 0.25) is 5.91 Å². The quantitative estimate of drug-likeness (QED) is 0.224. The number of carbonyl (C=O) groups excluding carboxylic acids is 1. The summed E-state index contributed by atoms with van der Waals surface area (Å²) in [7, 11) is 1.72. The maximum Gasteiger partial charge on any atom is 0.223 e. The summed E-state index contributed by atoms with van der Waals surface area (Å²) in [5.41, 5.74) is 5.04. The minimum Gasteiger partial charge on any atom is -0.496 e. The van der Waals surface area contributed by atoms with Crippen LogP contribution in [0, 0.1) is 19.3 Å². The zero-order chi connectivity index (χ0) is 31.0. The number of piperidine rings is 1. The summed E-state index contributed by atoms with van der Waals surface area (Å²) < 4.78 is 12.2. The van der Waals surface area contributed by atoms with Crippen LogP contribution in [-0.4, -0.2) is 60.8 Å². The Bertz CT molecular complexity index is 1340. The summed E-state index contributed by atoms with van der Waals surface area (Å²) >= 11 is 6.43. The first-order chi connectivity index (χ1) is 20.6. The maximum atomic E-state index is 14.0. The third-order valence-corrected chi connectivity index (χ3v) is 9.12. The predicted molar refractivity (Wildman–Crippen MR) is 174 cm³/mol. The predicted octanol–water partition coefficient (Wildman–Crippen LogP) is 7.16. The van der Waals surface area contributed by atoms with Crippen molar-refractivity contribution in [3.8, 4) is 11.5 Å². The molecular formula is C36H47ClN2O4. The van der Waals surface area contributed by atoms with Crippen LogP contribution in [0.5, 0.6) is 11.5 Å². The molecule has 1 fully saturated rings. The van der Waals surface area contributed by atoms with Crippen molar-refractivity contribution in [1.29, 1.82) is 0 Å². The molecule has 3 aromatic carbocycles. The monoisotopic (exact) mass is 606 g/mol. The minimum absolute atomic E-state index is 0.0335. The van der Waals surface area contributed by atoms with Crippen molar-refractivity contribution in [1.82, 2.24) is 9.80 Å². The van der Waals surface area contributed by atoms with Crippen LogP contribution in [0.25, 0.3) is 0 Å². The number of hydrogen-bond donors (Lipinski definition) is 1. The second kappa shape index (κ2) is 15.1. The number of aliphatic hydroxyl groups is 1. The van der Waals surface area contributed by atoms with Gasteiger partial charge < -0.3 is 19.5 Å². The molecule has 0 aromatic heterocycles. The van der Waals surface area contributed by atoms with Gasteiger partial charge in [-0.2, -0.15) is 0 Å². The molecule has 4 rings (SSSR count). The number of ether oxygens (including phenoxy) is 2. The van der Waals surface area contributed by atoms with Gasteiger partial charge in [-0.15, -0.1) is 0 Å². The van der Waals surface area contributed by atoms with Crippen molar-refractivity contribution in [2.75, 3.05) is 40.0 Å². The number of halogens is 1. The lowest BCUT2D eigenvalue weighted by Crippen LogP contribution is -2.49. The summed E-state index contributed by atoms with van der Waals surface area (Å²) in [5, 5.41) is 10.6. The normalized spacial score (nSPS) is 17.2. The molecule has 0 saturated carbocycles. The van der Waals surface area contributed by atoms with Crippen LogP contribution in [0.15, 0.2) is 60.7 Å². The van der Waals surface area contributed by atoms with Gasteiger partial charge in [-0.25, -0.2) is 0 Å². The summed E-state index contributed by atoms with van der Waals surface area (Å²) in [6.45, 7) is 11.9. The van der Waals surface area contributed by atoms with Crippen molar-refractivity contribution in [2.45, 2.75) is 66.0 Å². The third kappa shape index (κ3) is 8.75. The van der Waals surface area contributed by atoms with Gasteiger partial charge in [-0.1, -0.05) is 67.9 Å². The van der Waals surface area contributed by atoms with Crippen molar-refractivity contribution in [2.24, 2.45) is 5.41 Å². The molecule has 1 N–H and O–H groups in total. The van der Waals surface area contributed by atoms with E-state index in [0.29, 0.717) is 32.0 Å². The summed E-state index contributed by atoms with van der Waals surface area (Å²) in [6.07, 6.45) is 2.17. The Hall–Kier alpha value is -3.06. The van der Waals surface area contributed by atoms with E-state index in [2.05, 4.69) is 36.9 Å². The lowest BCUT2D eigenvalue weighted by molar-refractivity contribution is -0.137. The smallest absolute Gasteiger partial charge is 0.223 e. The molecule has 3 aromatic rings. The standard InChI is InChI=1S/C36H47ClN2O4/c1-26(2)30-12-13-33(42-5)31(20-30)23-38-15-9-14-36(24-38,25-43-32-18-27(3)35(37)28(4)19-32)21-34(41)39(16-17-40)22-29-10-7-6-8-11-29/h6-8,10-13,18-20,26,40H,9,14-17,21-25H2,1-5H3. The van der Waals surface area contributed by atoms with E-state index in [1.165, 1.54) is 5.56 Å². The Morgan fingerprint density at radius 2 is 1.81 bits per heavy atom.